The first-order chi connectivity index (χ1) is 31.9. The van der Waals surface area contributed by atoms with Gasteiger partial charge >= 0.3 is 6.09 Å². The van der Waals surface area contributed by atoms with Gasteiger partial charge in [-0.15, -0.1) is 0 Å². The first-order valence-electron chi connectivity index (χ1n) is 23.3. The van der Waals surface area contributed by atoms with E-state index in [2.05, 4.69) is 72.9 Å². The van der Waals surface area contributed by atoms with Gasteiger partial charge in [0.25, 0.3) is 15.9 Å². The summed E-state index contributed by atoms with van der Waals surface area (Å²) in [4.78, 5) is 44.6. The Morgan fingerprint density at radius 2 is 1.76 bits per heavy atom. The molecule has 66 heavy (non-hydrogen) atoms. The number of hydrogen-bond acceptors (Lipinski definition) is 13. The number of methoxy groups -OCH3 is 1. The minimum Gasteiger partial charge on any atom is -0.489 e. The van der Waals surface area contributed by atoms with Crippen molar-refractivity contribution < 1.29 is 32.2 Å². The van der Waals surface area contributed by atoms with Gasteiger partial charge in [-0.1, -0.05) is 38.1 Å². The molecule has 2 aromatic carbocycles. The molecule has 7 heterocycles. The second kappa shape index (κ2) is 17.6. The van der Waals surface area contributed by atoms with Gasteiger partial charge in [0, 0.05) is 62.0 Å². The van der Waals surface area contributed by atoms with Crippen LogP contribution in [0, 0.1) is 11.3 Å². The van der Waals surface area contributed by atoms with Gasteiger partial charge in [0.05, 0.1) is 41.8 Å². The highest BCUT2D eigenvalue weighted by atomic mass is 32.2. The van der Waals surface area contributed by atoms with Crippen molar-refractivity contribution in [3.63, 3.8) is 0 Å². The molecule has 5 aliphatic rings. The van der Waals surface area contributed by atoms with Gasteiger partial charge in [0.1, 0.15) is 29.4 Å². The quantitative estimate of drug-likeness (QED) is 0.0991. The third-order valence-electron chi connectivity index (χ3n) is 14.9. The lowest BCUT2D eigenvalue weighted by molar-refractivity contribution is -0.0228. The molecular weight excluding hydrogens is 859 g/mol. The smallest absolute Gasteiger partial charge is 0.409 e. The van der Waals surface area contributed by atoms with Gasteiger partial charge in [-0.3, -0.25) is 9.69 Å². The van der Waals surface area contributed by atoms with Crippen molar-refractivity contribution in [1.82, 2.24) is 29.5 Å². The number of nitrogens with zero attached hydrogens (tertiary/aromatic N) is 5. The van der Waals surface area contributed by atoms with Crippen LogP contribution in [0.5, 0.6) is 17.2 Å². The van der Waals surface area contributed by atoms with Gasteiger partial charge in [0.2, 0.25) is 0 Å². The maximum atomic E-state index is 14.0. The Morgan fingerprint density at radius 1 is 0.970 bits per heavy atom. The number of nitrogens with two attached hydrogens (primary N) is 1. The predicted molar refractivity (Wildman–Crippen MR) is 252 cm³/mol. The van der Waals surface area contributed by atoms with Gasteiger partial charge < -0.3 is 40.0 Å². The van der Waals surface area contributed by atoms with Crippen molar-refractivity contribution >= 4 is 50.1 Å². The number of H-pyrrole nitrogens is 1. The number of sulfonamides is 1. The molecule has 4 aliphatic heterocycles. The average Bonchev–Trinajstić information content (AvgIpc) is 4.00. The van der Waals surface area contributed by atoms with Crippen molar-refractivity contribution in [3.05, 3.63) is 90.0 Å². The number of aromatic amines is 1. The molecule has 2 amide bonds. The van der Waals surface area contributed by atoms with E-state index in [-0.39, 0.29) is 52.4 Å². The fourth-order valence-electron chi connectivity index (χ4n) is 11.2. The van der Waals surface area contributed by atoms with E-state index in [1.807, 2.05) is 6.07 Å². The van der Waals surface area contributed by atoms with Crippen LogP contribution < -0.4 is 30.1 Å². The Balaban J connectivity index is 0.828. The lowest BCUT2D eigenvalue weighted by atomic mass is 9.59. The van der Waals surface area contributed by atoms with E-state index in [1.165, 1.54) is 56.1 Å². The van der Waals surface area contributed by atoms with E-state index in [4.69, 9.17) is 19.9 Å². The highest BCUT2D eigenvalue weighted by Gasteiger charge is 2.50. The summed E-state index contributed by atoms with van der Waals surface area (Å²) in [6.45, 7) is 8.80. The van der Waals surface area contributed by atoms with Crippen LogP contribution in [-0.2, 0) is 14.8 Å². The molecule has 3 aromatic heterocycles. The van der Waals surface area contributed by atoms with Crippen LogP contribution in [0.15, 0.2) is 78.1 Å². The number of hydrogen-bond donors (Lipinski definition) is 4. The van der Waals surface area contributed by atoms with E-state index in [0.717, 1.165) is 56.4 Å². The zero-order valence-corrected chi connectivity index (χ0v) is 38.6. The fourth-order valence-corrected chi connectivity index (χ4v) is 12.2. The second-order valence-corrected chi connectivity index (χ2v) is 20.8. The van der Waals surface area contributed by atoms with Gasteiger partial charge in [-0.2, -0.15) is 0 Å². The molecule has 2 atom stereocenters. The summed E-state index contributed by atoms with van der Waals surface area (Å²) in [6.07, 6.45) is 13.1. The van der Waals surface area contributed by atoms with Gasteiger partial charge in [0.15, 0.2) is 11.4 Å². The highest BCUT2D eigenvalue weighted by molar-refractivity contribution is 7.90. The van der Waals surface area contributed by atoms with Crippen LogP contribution in [0.1, 0.15) is 98.8 Å². The van der Waals surface area contributed by atoms with Gasteiger partial charge in [-0.05, 0) is 104 Å². The number of carbonyl (C=O) groups is 2. The Kier molecular flexibility index (Phi) is 11.7. The molecule has 348 valence electrons. The summed E-state index contributed by atoms with van der Waals surface area (Å²) in [5.41, 5.74) is 11.6. The van der Waals surface area contributed by atoms with Crippen LogP contribution in [0.25, 0.3) is 11.0 Å². The van der Waals surface area contributed by atoms with E-state index < -0.39 is 15.9 Å². The number of amides is 2. The third kappa shape index (κ3) is 8.46. The van der Waals surface area contributed by atoms with Gasteiger partial charge in [-0.25, -0.2) is 27.9 Å². The first kappa shape index (κ1) is 43.8. The van der Waals surface area contributed by atoms with Crippen molar-refractivity contribution in [2.24, 2.45) is 11.3 Å². The molecule has 3 saturated heterocycles. The Hall–Kier alpha value is -6.07. The number of likely N-dealkylation sites (tertiary alicyclic amines) is 2. The van der Waals surface area contributed by atoms with Crippen molar-refractivity contribution in [2.45, 2.75) is 94.2 Å². The zero-order chi connectivity index (χ0) is 45.7. The van der Waals surface area contributed by atoms with Crippen LogP contribution in [-0.4, -0.2) is 104 Å². The zero-order valence-electron chi connectivity index (χ0n) is 37.8. The molecule has 16 nitrogen and oxygen atoms in total. The fraction of sp³-hybridized carbons (Fsp3) is 0.469. The number of nitrogen functional groups attached to an aromatic ring is 1. The Morgan fingerprint density at radius 3 is 2.53 bits per heavy atom. The molecule has 1 unspecified atom stereocenters. The summed E-state index contributed by atoms with van der Waals surface area (Å²) >= 11 is 0. The molecule has 0 bridgehead atoms. The normalized spacial score (nSPS) is 21.3. The molecule has 4 fully saturated rings. The van der Waals surface area contributed by atoms with E-state index in [1.54, 1.807) is 35.6 Å². The van der Waals surface area contributed by atoms with E-state index in [9.17, 15) is 18.0 Å². The van der Waals surface area contributed by atoms with Crippen molar-refractivity contribution in [1.29, 1.82) is 0 Å². The molecule has 5 N–H and O–H groups in total. The maximum Gasteiger partial charge on any atom is 0.409 e. The molecule has 1 aliphatic carbocycles. The minimum atomic E-state index is -4.46. The summed E-state index contributed by atoms with van der Waals surface area (Å²) in [5, 5.41) is 4.25. The summed E-state index contributed by atoms with van der Waals surface area (Å²) in [5.74, 6) is 0.466. The largest absolute Gasteiger partial charge is 0.489 e. The predicted octanol–water partition coefficient (Wildman–Crippen LogP) is 7.81. The maximum absolute atomic E-state index is 14.0. The van der Waals surface area contributed by atoms with Crippen molar-refractivity contribution in [2.75, 3.05) is 62.4 Å². The molecule has 0 radical (unpaired) electrons. The van der Waals surface area contributed by atoms with E-state index in [0.29, 0.717) is 53.6 Å². The number of carbonyl (C=O) groups excluding carboxylic acids is 2. The molecule has 17 heteroatoms. The van der Waals surface area contributed by atoms with Crippen LogP contribution >= 0.6 is 0 Å². The Labute approximate surface area is 385 Å². The van der Waals surface area contributed by atoms with Crippen molar-refractivity contribution in [3.8, 4) is 17.2 Å². The highest BCUT2D eigenvalue weighted by Crippen LogP contribution is 2.54. The number of rotatable bonds is 10. The number of anilines is 3. The number of benzene rings is 2. The first-order valence-corrected chi connectivity index (χ1v) is 24.8. The Bertz CT molecular complexity index is 2740. The second-order valence-electron chi connectivity index (χ2n) is 19.1. The third-order valence-corrected chi connectivity index (χ3v) is 16.2. The number of piperidine rings is 2. The van der Waals surface area contributed by atoms with Crippen LogP contribution in [0.3, 0.4) is 0 Å². The number of ether oxygens (including phenoxy) is 3. The molecular formula is C49H59N9O7S. The SMILES string of the molecule is COC(=O)N1CCC(C2COc3cc(S(=O)(=O)NC(=O)c4ncc(N5CCC6(CC5)CC(N5CCC[C@H]5c5ccccc5C(C)C)C6)cc4Oc4cnc5[nH]ccc5c4)cc(N)c3N2)CC1. The number of nitrogens with one attached hydrogen (secondary N) is 3. The molecule has 1 saturated carbocycles. The summed E-state index contributed by atoms with van der Waals surface area (Å²) < 4.78 is 47.3. The summed E-state index contributed by atoms with van der Waals surface area (Å²) in [6, 6.07) is 18.1. The number of pyridine rings is 2. The van der Waals surface area contributed by atoms with Crippen LogP contribution in [0.4, 0.5) is 21.9 Å². The lowest BCUT2D eigenvalue weighted by Crippen LogP contribution is -2.55. The number of fused-ring (bicyclic) bond motifs is 2. The monoisotopic (exact) mass is 917 g/mol. The lowest BCUT2D eigenvalue weighted by Gasteiger charge is -2.56. The number of aromatic nitrogens is 3. The topological polar surface area (TPSA) is 197 Å². The molecule has 5 aromatic rings. The van der Waals surface area contributed by atoms with E-state index >= 15 is 0 Å². The molecule has 10 rings (SSSR count). The average molecular weight is 918 g/mol. The molecule has 1 spiro atoms. The standard InChI is InChI=1S/C49H59N9O7S/c1-30(2)37-7-4-5-8-38(37)41-9-6-16-58(41)34-25-49(26-34)13-19-56(20-14-49)33-22-43(65-35-21-32-10-15-51-46(32)53-28-35)45(52-27-33)47(59)55-66(61,62)36-23-39(50)44-42(24-36)64-29-40(54-44)31-11-17-57(18-12-31)48(60)63-3/h4-5,7-8,10,15,21-24,27-28,30-31,34,40-41,54H,6,9,11-14,16-20,25-26,29,50H2,1-3H3,(H,51,53)(H,55,59)/t40?,41-/m0/s1. The minimum absolute atomic E-state index is 0.0922. The van der Waals surface area contributed by atoms with Crippen LogP contribution in [0.2, 0.25) is 0 Å². The summed E-state index contributed by atoms with van der Waals surface area (Å²) in [7, 11) is -3.09.